The van der Waals surface area contributed by atoms with Crippen molar-refractivity contribution in [2.45, 2.75) is 38.8 Å². The molecule has 0 unspecified atom stereocenters. The predicted octanol–water partition coefficient (Wildman–Crippen LogP) is 2.93. The smallest absolute Gasteiger partial charge is 0.242 e. The predicted molar refractivity (Wildman–Crippen MR) is 130 cm³/mol. The first kappa shape index (κ1) is 27.1. The summed E-state index contributed by atoms with van der Waals surface area (Å²) in [5.74, 6) is -0.324. The van der Waals surface area contributed by atoms with Gasteiger partial charge in [0, 0.05) is 26.6 Å². The number of hydrogen-bond acceptors (Lipinski definition) is 5. The maximum Gasteiger partial charge on any atom is 0.242 e. The Hall–Kier alpha value is -3.14. The number of carbonyl (C=O) groups excluding carboxylic acids is 2. The van der Waals surface area contributed by atoms with Gasteiger partial charge in [-0.1, -0.05) is 19.1 Å². The van der Waals surface area contributed by atoms with Crippen molar-refractivity contribution in [3.05, 3.63) is 59.9 Å². The fourth-order valence-electron chi connectivity index (χ4n) is 3.63. The zero-order chi connectivity index (χ0) is 25.3. The number of sulfonamides is 1. The molecule has 186 valence electrons. The molecule has 0 aliphatic heterocycles. The van der Waals surface area contributed by atoms with Gasteiger partial charge in [-0.2, -0.15) is 0 Å². The summed E-state index contributed by atoms with van der Waals surface area (Å²) in [5.41, 5.74) is 1.16. The monoisotopic (exact) mass is 493 g/mol. The molecular weight excluding hydrogens is 461 g/mol. The lowest BCUT2D eigenvalue weighted by atomic mass is 10.1. The summed E-state index contributed by atoms with van der Waals surface area (Å²) in [4.78, 5) is 27.2. The van der Waals surface area contributed by atoms with Crippen LogP contribution in [0.4, 0.5) is 10.1 Å². The van der Waals surface area contributed by atoms with E-state index < -0.39 is 21.9 Å². The Morgan fingerprint density at radius 1 is 1.09 bits per heavy atom. The molecule has 0 heterocycles. The molecule has 10 heteroatoms. The number of anilines is 1. The van der Waals surface area contributed by atoms with Gasteiger partial charge in [0.2, 0.25) is 21.8 Å². The Bertz CT molecular complexity index is 1060. The van der Waals surface area contributed by atoms with Crippen LogP contribution in [0.15, 0.2) is 48.5 Å². The lowest BCUT2D eigenvalue weighted by molar-refractivity contribution is -0.141. The van der Waals surface area contributed by atoms with Gasteiger partial charge in [0.05, 0.1) is 19.1 Å². The number of nitrogens with one attached hydrogen (secondary N) is 1. The summed E-state index contributed by atoms with van der Waals surface area (Å²) in [6.45, 7) is 2.10. The average molecular weight is 494 g/mol. The van der Waals surface area contributed by atoms with Crippen molar-refractivity contribution in [1.29, 1.82) is 0 Å². The molecule has 34 heavy (non-hydrogen) atoms. The third kappa shape index (κ3) is 7.44. The Balaban J connectivity index is 2.17. The number of halogens is 1. The van der Waals surface area contributed by atoms with Crippen LogP contribution in [0.3, 0.4) is 0 Å². The van der Waals surface area contributed by atoms with Crippen molar-refractivity contribution in [2.75, 3.05) is 31.3 Å². The van der Waals surface area contributed by atoms with Crippen LogP contribution in [0.25, 0.3) is 0 Å². The first-order valence-corrected chi connectivity index (χ1v) is 12.8. The number of nitrogens with zero attached hydrogens (tertiary/aromatic N) is 2. The molecule has 1 N–H and O–H groups in total. The third-order valence-electron chi connectivity index (χ3n) is 5.41. The van der Waals surface area contributed by atoms with E-state index in [1.165, 1.54) is 36.2 Å². The fraction of sp³-hybridized carbons (Fsp3) is 0.417. The molecule has 0 radical (unpaired) electrons. The molecule has 2 rings (SSSR count). The Morgan fingerprint density at radius 3 is 2.21 bits per heavy atom. The van der Waals surface area contributed by atoms with Gasteiger partial charge in [-0.15, -0.1) is 0 Å². The van der Waals surface area contributed by atoms with Crippen LogP contribution in [0.1, 0.15) is 31.7 Å². The van der Waals surface area contributed by atoms with E-state index >= 15 is 0 Å². The molecule has 2 amide bonds. The maximum absolute atomic E-state index is 13.3. The highest BCUT2D eigenvalue weighted by Gasteiger charge is 2.28. The van der Waals surface area contributed by atoms with E-state index in [0.717, 1.165) is 16.1 Å². The lowest BCUT2D eigenvalue weighted by Gasteiger charge is -2.30. The number of likely N-dealkylation sites (N-methyl/N-ethyl adjacent to an activating group) is 1. The number of carbonyl (C=O) groups is 2. The van der Waals surface area contributed by atoms with Crippen molar-refractivity contribution in [3.8, 4) is 5.75 Å². The summed E-state index contributed by atoms with van der Waals surface area (Å²) in [6, 6.07) is 11.7. The molecule has 8 nitrogen and oxygen atoms in total. The number of methoxy groups -OCH3 is 1. The van der Waals surface area contributed by atoms with Crippen LogP contribution < -0.4 is 14.4 Å². The topological polar surface area (TPSA) is 96.0 Å². The van der Waals surface area contributed by atoms with Crippen molar-refractivity contribution in [1.82, 2.24) is 10.2 Å². The SMILES string of the molecule is CC[C@@H](C(=O)NC)N(Cc1ccc(OC)cc1)C(=O)CCCN(c1ccc(F)cc1)S(C)(=O)=O. The van der Waals surface area contributed by atoms with Gasteiger partial charge in [0.15, 0.2) is 0 Å². The lowest BCUT2D eigenvalue weighted by Crippen LogP contribution is -2.48. The third-order valence-corrected chi connectivity index (χ3v) is 6.61. The zero-order valence-corrected chi connectivity index (χ0v) is 20.8. The van der Waals surface area contributed by atoms with E-state index in [1.807, 2.05) is 19.1 Å². The Labute approximate surface area is 200 Å². The second-order valence-electron chi connectivity index (χ2n) is 7.82. The molecule has 1 atom stereocenters. The van der Waals surface area contributed by atoms with E-state index in [0.29, 0.717) is 17.9 Å². The second kappa shape index (κ2) is 12.4. The summed E-state index contributed by atoms with van der Waals surface area (Å²) in [6.07, 6.45) is 1.75. The van der Waals surface area contributed by atoms with Gasteiger partial charge in [0.25, 0.3) is 0 Å². The van der Waals surface area contributed by atoms with E-state index in [9.17, 15) is 22.4 Å². The van der Waals surface area contributed by atoms with Crippen molar-refractivity contribution < 1.29 is 27.1 Å². The van der Waals surface area contributed by atoms with E-state index in [4.69, 9.17) is 4.74 Å². The molecule has 0 fully saturated rings. The number of benzene rings is 2. The highest BCUT2D eigenvalue weighted by molar-refractivity contribution is 7.92. The average Bonchev–Trinajstić information content (AvgIpc) is 2.81. The van der Waals surface area contributed by atoms with Crippen LogP contribution in [-0.4, -0.2) is 58.1 Å². The Morgan fingerprint density at radius 2 is 1.71 bits per heavy atom. The molecule has 0 bridgehead atoms. The maximum atomic E-state index is 13.3. The van der Waals surface area contributed by atoms with Crippen LogP contribution in [0.5, 0.6) is 5.75 Å². The van der Waals surface area contributed by atoms with Gasteiger partial charge < -0.3 is 15.0 Å². The van der Waals surface area contributed by atoms with Crippen LogP contribution in [-0.2, 0) is 26.2 Å². The molecule has 0 saturated heterocycles. The van der Waals surface area contributed by atoms with Crippen LogP contribution in [0, 0.1) is 5.82 Å². The summed E-state index contributed by atoms with van der Waals surface area (Å²) in [5, 5.41) is 2.60. The van der Waals surface area contributed by atoms with E-state index in [1.54, 1.807) is 19.2 Å². The number of ether oxygens (including phenoxy) is 1. The molecule has 0 saturated carbocycles. The van der Waals surface area contributed by atoms with Crippen LogP contribution >= 0.6 is 0 Å². The minimum Gasteiger partial charge on any atom is -0.497 e. The molecule has 0 aromatic heterocycles. The van der Waals surface area contributed by atoms with Gasteiger partial charge in [-0.05, 0) is 54.8 Å². The molecule has 0 aliphatic carbocycles. The molecule has 2 aromatic rings. The fourth-order valence-corrected chi connectivity index (χ4v) is 4.59. The standard InChI is InChI=1S/C24H32FN3O5S/c1-5-22(24(30)26-2)27(17-18-8-14-21(33-3)15-9-18)23(29)7-6-16-28(34(4,31)32)20-12-10-19(25)11-13-20/h8-15,22H,5-7,16-17H2,1-4H3,(H,26,30)/t22-/m0/s1. The van der Waals surface area contributed by atoms with Gasteiger partial charge in [-0.25, -0.2) is 12.8 Å². The summed E-state index contributed by atoms with van der Waals surface area (Å²) >= 11 is 0. The Kier molecular flexibility index (Phi) is 9.85. The zero-order valence-electron chi connectivity index (χ0n) is 20.0. The molecular formula is C24H32FN3O5S. The minimum atomic E-state index is -3.63. The summed E-state index contributed by atoms with van der Waals surface area (Å²) in [7, 11) is -0.546. The molecule has 0 spiro atoms. The quantitative estimate of drug-likeness (QED) is 0.491. The van der Waals surface area contributed by atoms with Crippen molar-refractivity contribution in [2.24, 2.45) is 0 Å². The normalized spacial score (nSPS) is 12.0. The van der Waals surface area contributed by atoms with E-state index in [2.05, 4.69) is 5.32 Å². The largest absolute Gasteiger partial charge is 0.497 e. The highest BCUT2D eigenvalue weighted by Crippen LogP contribution is 2.20. The van der Waals surface area contributed by atoms with Crippen molar-refractivity contribution >= 4 is 27.5 Å². The minimum absolute atomic E-state index is 0.0386. The van der Waals surface area contributed by atoms with E-state index in [-0.39, 0.29) is 37.7 Å². The van der Waals surface area contributed by atoms with Gasteiger partial charge in [-0.3, -0.25) is 13.9 Å². The highest BCUT2D eigenvalue weighted by atomic mass is 32.2. The number of amides is 2. The van der Waals surface area contributed by atoms with Gasteiger partial charge in [0.1, 0.15) is 17.6 Å². The number of hydrogen-bond donors (Lipinski definition) is 1. The summed E-state index contributed by atoms with van der Waals surface area (Å²) < 4.78 is 44.1. The molecule has 0 aliphatic rings. The van der Waals surface area contributed by atoms with Crippen LogP contribution in [0.2, 0.25) is 0 Å². The first-order chi connectivity index (χ1) is 16.1. The van der Waals surface area contributed by atoms with Crippen molar-refractivity contribution in [3.63, 3.8) is 0 Å². The number of rotatable bonds is 12. The second-order valence-corrected chi connectivity index (χ2v) is 9.73. The first-order valence-electron chi connectivity index (χ1n) is 11.0. The molecule has 2 aromatic carbocycles. The van der Waals surface area contributed by atoms with Gasteiger partial charge >= 0.3 is 0 Å².